The van der Waals surface area contributed by atoms with Crippen molar-refractivity contribution < 1.29 is 23.7 Å². The molecule has 0 N–H and O–H groups in total. The molecule has 2 aliphatic rings. The summed E-state index contributed by atoms with van der Waals surface area (Å²) < 4.78 is 22.5. The predicted octanol–water partition coefficient (Wildman–Crippen LogP) is 1.68. The van der Waals surface area contributed by atoms with Gasteiger partial charge in [0.1, 0.15) is 11.6 Å². The van der Waals surface area contributed by atoms with Crippen LogP contribution in [0.2, 0.25) is 0 Å². The van der Waals surface area contributed by atoms with E-state index in [1.807, 2.05) is 23.6 Å². The van der Waals surface area contributed by atoms with Crippen molar-refractivity contribution in [2.75, 3.05) is 26.4 Å². The lowest BCUT2D eigenvalue weighted by molar-refractivity contribution is -0.148. The lowest BCUT2D eigenvalue weighted by Gasteiger charge is -2.31. The van der Waals surface area contributed by atoms with Crippen molar-refractivity contribution in [1.82, 2.24) is 9.88 Å². The summed E-state index contributed by atoms with van der Waals surface area (Å²) in [5.74, 6) is 1.07. The summed E-state index contributed by atoms with van der Waals surface area (Å²) >= 11 is 1.50. The van der Waals surface area contributed by atoms with E-state index >= 15 is 0 Å². The van der Waals surface area contributed by atoms with E-state index in [0.29, 0.717) is 37.8 Å². The van der Waals surface area contributed by atoms with Crippen molar-refractivity contribution in [3.63, 3.8) is 0 Å². The molecule has 25 heavy (non-hydrogen) atoms. The van der Waals surface area contributed by atoms with Gasteiger partial charge in [0.15, 0.2) is 17.8 Å². The Hall–Kier alpha value is -2.16. The van der Waals surface area contributed by atoms with Gasteiger partial charge in [-0.3, -0.25) is 4.79 Å². The maximum atomic E-state index is 13.0. The van der Waals surface area contributed by atoms with Gasteiger partial charge in [-0.15, -0.1) is 11.3 Å². The van der Waals surface area contributed by atoms with Crippen LogP contribution in [0.4, 0.5) is 0 Å². The lowest BCUT2D eigenvalue weighted by Crippen LogP contribution is -2.48. The molecule has 3 heterocycles. The van der Waals surface area contributed by atoms with Crippen molar-refractivity contribution in [3.05, 3.63) is 40.8 Å². The molecular weight excluding hydrogens is 344 g/mol. The highest BCUT2D eigenvalue weighted by molar-refractivity contribution is 7.09. The molecule has 1 aromatic carbocycles. The molecule has 1 atom stereocenters. The van der Waals surface area contributed by atoms with Gasteiger partial charge in [0, 0.05) is 11.6 Å². The molecule has 1 saturated heterocycles. The maximum Gasteiger partial charge on any atom is 0.267 e. The molecule has 2 aromatic rings. The first-order valence-electron chi connectivity index (χ1n) is 8.08. The molecule has 4 rings (SSSR count). The summed E-state index contributed by atoms with van der Waals surface area (Å²) in [6.07, 6.45) is 0.610. The zero-order valence-corrected chi connectivity index (χ0v) is 14.3. The van der Waals surface area contributed by atoms with Crippen molar-refractivity contribution in [2.24, 2.45) is 0 Å². The highest BCUT2D eigenvalue weighted by atomic mass is 32.1. The largest absolute Gasteiger partial charge is 0.485 e. The number of hydrogen-bond acceptors (Lipinski definition) is 7. The van der Waals surface area contributed by atoms with E-state index in [1.54, 1.807) is 17.2 Å². The van der Waals surface area contributed by atoms with Crippen LogP contribution < -0.4 is 9.47 Å². The molecule has 0 bridgehead atoms. The van der Waals surface area contributed by atoms with Gasteiger partial charge in [0.25, 0.3) is 5.91 Å². The van der Waals surface area contributed by atoms with Gasteiger partial charge in [-0.05, 0) is 12.1 Å². The monoisotopic (exact) mass is 362 g/mol. The third-order valence-electron chi connectivity index (χ3n) is 3.97. The number of fused-ring (bicyclic) bond motifs is 1. The molecule has 0 saturated carbocycles. The summed E-state index contributed by atoms with van der Waals surface area (Å²) in [4.78, 5) is 18.9. The van der Waals surface area contributed by atoms with Crippen LogP contribution >= 0.6 is 11.3 Å². The molecule has 0 radical (unpaired) electrons. The highest BCUT2D eigenvalue weighted by Gasteiger charge is 2.33. The minimum Gasteiger partial charge on any atom is -0.485 e. The van der Waals surface area contributed by atoms with Crippen LogP contribution in [-0.4, -0.2) is 54.6 Å². The fourth-order valence-corrected chi connectivity index (χ4v) is 3.40. The van der Waals surface area contributed by atoms with Gasteiger partial charge in [-0.25, -0.2) is 4.98 Å². The van der Waals surface area contributed by atoms with E-state index in [4.69, 9.17) is 18.9 Å². The molecule has 7 nitrogen and oxygen atoms in total. The zero-order valence-electron chi connectivity index (χ0n) is 13.5. The van der Waals surface area contributed by atoms with Gasteiger partial charge < -0.3 is 23.8 Å². The van der Waals surface area contributed by atoms with E-state index < -0.39 is 12.4 Å². The third kappa shape index (κ3) is 3.76. The number of ether oxygens (including phenoxy) is 4. The minimum absolute atomic E-state index is 0.163. The first-order chi connectivity index (χ1) is 12.3. The molecular formula is C17H18N2O5S. The van der Waals surface area contributed by atoms with E-state index in [0.717, 1.165) is 5.01 Å². The Morgan fingerprint density at radius 1 is 1.24 bits per heavy atom. The van der Waals surface area contributed by atoms with Gasteiger partial charge in [-0.2, -0.15) is 0 Å². The number of rotatable bonds is 5. The molecule has 0 spiro atoms. The van der Waals surface area contributed by atoms with E-state index in [1.165, 1.54) is 11.3 Å². The highest BCUT2D eigenvalue weighted by Crippen LogP contribution is 2.31. The summed E-state index contributed by atoms with van der Waals surface area (Å²) in [6, 6.07) is 7.34. The quantitative estimate of drug-likeness (QED) is 0.806. The third-order valence-corrected chi connectivity index (χ3v) is 4.73. The molecule has 8 heteroatoms. The first kappa shape index (κ1) is 16.3. The van der Waals surface area contributed by atoms with Crippen LogP contribution in [0.25, 0.3) is 0 Å². The average Bonchev–Trinajstić information content (AvgIpc) is 3.34. The van der Waals surface area contributed by atoms with Gasteiger partial charge in [-0.1, -0.05) is 12.1 Å². The Bertz CT molecular complexity index is 718. The Balaban J connectivity index is 1.48. The summed E-state index contributed by atoms with van der Waals surface area (Å²) in [5, 5.41) is 2.74. The number of thiazole rings is 1. The van der Waals surface area contributed by atoms with Crippen molar-refractivity contribution >= 4 is 17.2 Å². The van der Waals surface area contributed by atoms with Crippen LogP contribution in [0.3, 0.4) is 0 Å². The van der Waals surface area contributed by atoms with E-state index in [2.05, 4.69) is 4.98 Å². The fourth-order valence-electron chi connectivity index (χ4n) is 2.76. The number of hydrogen-bond donors (Lipinski definition) is 0. The normalized spacial score (nSPS) is 19.8. The van der Waals surface area contributed by atoms with Gasteiger partial charge in [0.05, 0.1) is 26.3 Å². The second-order valence-electron chi connectivity index (χ2n) is 5.68. The summed E-state index contributed by atoms with van der Waals surface area (Å²) in [6.45, 7) is 1.98. The molecule has 1 amide bonds. The van der Waals surface area contributed by atoms with Crippen LogP contribution in [0.5, 0.6) is 11.5 Å². The van der Waals surface area contributed by atoms with Crippen molar-refractivity contribution in [3.8, 4) is 11.5 Å². The fraction of sp³-hybridized carbons (Fsp3) is 0.412. The molecule has 0 aliphatic carbocycles. The van der Waals surface area contributed by atoms with Gasteiger partial charge >= 0.3 is 0 Å². The predicted molar refractivity (Wildman–Crippen MR) is 89.6 cm³/mol. The zero-order chi connectivity index (χ0) is 17.1. The average molecular weight is 362 g/mol. The number of carbonyl (C=O) groups excluding carboxylic acids is 1. The topological polar surface area (TPSA) is 70.1 Å². The molecule has 2 aliphatic heterocycles. The van der Waals surface area contributed by atoms with Crippen LogP contribution in [0, 0.1) is 0 Å². The molecule has 1 fully saturated rings. The second kappa shape index (κ2) is 7.38. The summed E-state index contributed by atoms with van der Waals surface area (Å²) in [7, 11) is 0. The number of benzene rings is 1. The number of amides is 1. The number of aromatic nitrogens is 1. The lowest BCUT2D eigenvalue weighted by atomic mass is 10.2. The van der Waals surface area contributed by atoms with E-state index in [9.17, 15) is 4.79 Å². The molecule has 1 aromatic heterocycles. The minimum atomic E-state index is -0.698. The van der Waals surface area contributed by atoms with Crippen LogP contribution in [0.15, 0.2) is 35.8 Å². The number of carbonyl (C=O) groups is 1. The van der Waals surface area contributed by atoms with Crippen molar-refractivity contribution in [2.45, 2.75) is 18.9 Å². The van der Waals surface area contributed by atoms with Crippen LogP contribution in [-0.2, 0) is 20.8 Å². The Kier molecular flexibility index (Phi) is 4.82. The number of para-hydroxylation sites is 2. The Labute approximate surface area is 149 Å². The van der Waals surface area contributed by atoms with Crippen molar-refractivity contribution in [1.29, 1.82) is 0 Å². The first-order valence-corrected chi connectivity index (χ1v) is 8.96. The Morgan fingerprint density at radius 3 is 2.80 bits per heavy atom. The van der Waals surface area contributed by atoms with Crippen LogP contribution in [0.1, 0.15) is 5.01 Å². The summed E-state index contributed by atoms with van der Waals surface area (Å²) in [5.41, 5.74) is 0. The van der Waals surface area contributed by atoms with Gasteiger partial charge in [0.2, 0.25) is 6.10 Å². The van der Waals surface area contributed by atoms with E-state index in [-0.39, 0.29) is 12.5 Å². The molecule has 1 unspecified atom stereocenters. The smallest absolute Gasteiger partial charge is 0.267 e. The number of nitrogens with zero attached hydrogens (tertiary/aromatic N) is 2. The maximum absolute atomic E-state index is 13.0. The SMILES string of the molecule is O=C(C1COc2ccccc2O1)N(Cc1nccs1)CC1OCCO1. The second-order valence-corrected chi connectivity index (χ2v) is 6.66. The standard InChI is InChI=1S/C17H18N2O5S/c20-17(14-11-23-12-3-1-2-4-13(12)24-14)19(9-15-18-5-8-25-15)10-16-21-6-7-22-16/h1-5,8,14,16H,6-7,9-11H2. The molecule has 132 valence electrons. The Morgan fingerprint density at radius 2 is 2.04 bits per heavy atom.